The molecule has 1 unspecified atom stereocenters. The summed E-state index contributed by atoms with van der Waals surface area (Å²) in [5, 5.41) is 21.4. The van der Waals surface area contributed by atoms with Crippen LogP contribution in [0.25, 0.3) is 0 Å². The zero-order chi connectivity index (χ0) is 27.2. The number of nitrogens with zero attached hydrogens (tertiary/aromatic N) is 3. The first-order valence-corrected chi connectivity index (χ1v) is 13.3. The monoisotopic (exact) mass is 509 g/mol. The van der Waals surface area contributed by atoms with Gasteiger partial charge >= 0.3 is 0 Å². The first kappa shape index (κ1) is 28.7. The zero-order valence-electron chi connectivity index (χ0n) is 23.6. The lowest BCUT2D eigenvalue weighted by Gasteiger charge is -2.31. The molecular formula is C30H43N3O4. The SMILES string of the molecule is COc1ccc(CCN(C)CCCCCC(C#N)(c2ncc3c(c2O)COC3(C)C)C(C)C)cc1OC. The number of benzene rings is 1. The summed E-state index contributed by atoms with van der Waals surface area (Å²) in [5.74, 6) is 1.66. The molecule has 0 bridgehead atoms. The van der Waals surface area contributed by atoms with Crippen molar-refractivity contribution in [2.45, 2.75) is 77.4 Å². The van der Waals surface area contributed by atoms with Crippen LogP contribution in [0.4, 0.5) is 0 Å². The Kier molecular flexibility index (Phi) is 9.44. The molecule has 0 spiro atoms. The van der Waals surface area contributed by atoms with Crippen molar-refractivity contribution in [1.29, 1.82) is 5.26 Å². The van der Waals surface area contributed by atoms with Gasteiger partial charge < -0.3 is 24.2 Å². The molecule has 1 atom stereocenters. The number of methoxy groups -OCH3 is 2. The molecule has 3 rings (SSSR count). The normalized spacial score (nSPS) is 15.9. The number of likely N-dealkylation sites (N-methyl/N-ethyl adjacent to an activating group) is 1. The van der Waals surface area contributed by atoms with Crippen LogP contribution in [0.3, 0.4) is 0 Å². The third-order valence-electron chi connectivity index (χ3n) is 7.83. The van der Waals surface area contributed by atoms with Crippen molar-refractivity contribution in [2.24, 2.45) is 5.92 Å². The van der Waals surface area contributed by atoms with Crippen LogP contribution in [-0.2, 0) is 28.8 Å². The summed E-state index contributed by atoms with van der Waals surface area (Å²) in [6.07, 6.45) is 6.35. The summed E-state index contributed by atoms with van der Waals surface area (Å²) in [4.78, 5) is 6.98. The standard InChI is InChI=1S/C30H43N3O4/c1-21(2)30(20-31,28-27(34)23-19-37-29(3,4)24(23)18-32-28)14-9-8-10-15-33(5)16-13-22-11-12-25(35-6)26(17-22)36-7/h11-12,17-18,21,34H,8-10,13-16,19H2,1-7H3. The van der Waals surface area contributed by atoms with Gasteiger partial charge in [-0.3, -0.25) is 4.98 Å². The second-order valence-electron chi connectivity index (χ2n) is 10.9. The lowest BCUT2D eigenvalue weighted by molar-refractivity contribution is -0.00822. The second kappa shape index (κ2) is 12.1. The number of unbranched alkanes of at least 4 members (excludes halogenated alkanes) is 2. The molecule has 7 heteroatoms. The summed E-state index contributed by atoms with van der Waals surface area (Å²) in [7, 11) is 5.45. The van der Waals surface area contributed by atoms with Gasteiger partial charge in [0.25, 0.3) is 0 Å². The van der Waals surface area contributed by atoms with E-state index in [1.54, 1.807) is 20.4 Å². The Labute approximate surface area is 222 Å². The number of pyridine rings is 1. The van der Waals surface area contributed by atoms with Gasteiger partial charge in [0.2, 0.25) is 0 Å². The molecule has 1 aliphatic rings. The van der Waals surface area contributed by atoms with Crippen molar-refractivity contribution in [3.63, 3.8) is 0 Å². The molecule has 37 heavy (non-hydrogen) atoms. The van der Waals surface area contributed by atoms with Crippen molar-refractivity contribution in [1.82, 2.24) is 9.88 Å². The van der Waals surface area contributed by atoms with Crippen molar-refractivity contribution >= 4 is 0 Å². The Hall–Kier alpha value is -2.82. The van der Waals surface area contributed by atoms with E-state index in [2.05, 4.69) is 29.1 Å². The smallest absolute Gasteiger partial charge is 0.160 e. The highest BCUT2D eigenvalue weighted by atomic mass is 16.5. The number of hydrogen-bond donors (Lipinski definition) is 1. The Morgan fingerprint density at radius 1 is 1.16 bits per heavy atom. The van der Waals surface area contributed by atoms with Gasteiger partial charge in [-0.2, -0.15) is 5.26 Å². The van der Waals surface area contributed by atoms with Gasteiger partial charge in [0.15, 0.2) is 11.5 Å². The summed E-state index contributed by atoms with van der Waals surface area (Å²) in [6.45, 7) is 10.3. The highest BCUT2D eigenvalue weighted by Gasteiger charge is 2.42. The lowest BCUT2D eigenvalue weighted by Crippen LogP contribution is -2.32. The lowest BCUT2D eigenvalue weighted by atomic mass is 9.71. The minimum atomic E-state index is -0.828. The van der Waals surface area contributed by atoms with Crippen LogP contribution in [0.15, 0.2) is 24.4 Å². The summed E-state index contributed by atoms with van der Waals surface area (Å²) < 4.78 is 16.6. The molecule has 1 N–H and O–H groups in total. The molecule has 0 fully saturated rings. The molecule has 0 aliphatic carbocycles. The van der Waals surface area contributed by atoms with Crippen LogP contribution in [0.2, 0.25) is 0 Å². The predicted octanol–water partition coefficient (Wildman–Crippen LogP) is 5.72. The van der Waals surface area contributed by atoms with Crippen molar-refractivity contribution < 1.29 is 19.3 Å². The summed E-state index contributed by atoms with van der Waals surface area (Å²) in [5.41, 5.74) is 2.09. The fourth-order valence-electron chi connectivity index (χ4n) is 5.21. The molecule has 0 saturated heterocycles. The number of fused-ring (bicyclic) bond motifs is 1. The number of nitriles is 1. The maximum atomic E-state index is 11.1. The maximum absolute atomic E-state index is 11.1. The average Bonchev–Trinajstić information content (AvgIpc) is 3.20. The van der Waals surface area contributed by atoms with Gasteiger partial charge in [-0.05, 0) is 70.3 Å². The Morgan fingerprint density at radius 2 is 1.89 bits per heavy atom. The molecule has 0 amide bonds. The molecule has 0 saturated carbocycles. The average molecular weight is 510 g/mol. The van der Waals surface area contributed by atoms with E-state index in [1.165, 1.54) is 5.56 Å². The van der Waals surface area contributed by atoms with Crippen LogP contribution in [-0.4, -0.2) is 49.3 Å². The third kappa shape index (κ3) is 6.19. The van der Waals surface area contributed by atoms with Crippen molar-refractivity contribution in [3.05, 3.63) is 46.8 Å². The van der Waals surface area contributed by atoms with E-state index >= 15 is 0 Å². The fraction of sp³-hybridized carbons (Fsp3) is 0.600. The van der Waals surface area contributed by atoms with E-state index in [0.29, 0.717) is 18.7 Å². The Balaban J connectivity index is 1.54. The van der Waals surface area contributed by atoms with Crippen LogP contribution in [0.1, 0.15) is 75.8 Å². The number of hydrogen-bond acceptors (Lipinski definition) is 7. The first-order chi connectivity index (χ1) is 17.6. The Morgan fingerprint density at radius 3 is 2.54 bits per heavy atom. The predicted molar refractivity (Wildman–Crippen MR) is 145 cm³/mol. The van der Waals surface area contributed by atoms with E-state index in [1.807, 2.05) is 39.8 Å². The van der Waals surface area contributed by atoms with E-state index in [4.69, 9.17) is 14.2 Å². The third-order valence-corrected chi connectivity index (χ3v) is 7.83. The number of aromatic nitrogens is 1. The highest BCUT2D eigenvalue weighted by Crippen LogP contribution is 2.46. The quantitative estimate of drug-likeness (QED) is 0.345. The van der Waals surface area contributed by atoms with Crippen LogP contribution in [0.5, 0.6) is 17.2 Å². The topological polar surface area (TPSA) is 87.8 Å². The van der Waals surface area contributed by atoms with Gasteiger partial charge in [0, 0.05) is 23.9 Å². The van der Waals surface area contributed by atoms with Crippen molar-refractivity contribution in [2.75, 3.05) is 34.4 Å². The van der Waals surface area contributed by atoms with Crippen molar-refractivity contribution in [3.8, 4) is 23.3 Å². The maximum Gasteiger partial charge on any atom is 0.160 e. The Bertz CT molecular complexity index is 1110. The number of aromatic hydroxyl groups is 1. The summed E-state index contributed by atoms with van der Waals surface area (Å²) >= 11 is 0. The van der Waals surface area contributed by atoms with Gasteiger partial charge in [-0.1, -0.05) is 32.8 Å². The van der Waals surface area contributed by atoms with Gasteiger partial charge in [-0.15, -0.1) is 0 Å². The fourth-order valence-corrected chi connectivity index (χ4v) is 5.21. The molecular weight excluding hydrogens is 466 g/mol. The van der Waals surface area contributed by atoms with E-state index < -0.39 is 11.0 Å². The number of rotatable bonds is 13. The molecule has 2 aromatic rings. The summed E-state index contributed by atoms with van der Waals surface area (Å²) in [6, 6.07) is 8.62. The molecule has 1 aromatic carbocycles. The molecule has 0 radical (unpaired) electrons. The largest absolute Gasteiger partial charge is 0.506 e. The zero-order valence-corrected chi connectivity index (χ0v) is 23.6. The molecule has 1 aliphatic heterocycles. The number of ether oxygens (including phenoxy) is 3. The first-order valence-electron chi connectivity index (χ1n) is 13.3. The van der Waals surface area contributed by atoms with Crippen LogP contribution < -0.4 is 9.47 Å². The molecule has 202 valence electrons. The van der Waals surface area contributed by atoms with Gasteiger partial charge in [0.1, 0.15) is 16.9 Å². The highest BCUT2D eigenvalue weighted by molar-refractivity contribution is 5.50. The second-order valence-corrected chi connectivity index (χ2v) is 10.9. The molecule has 2 heterocycles. The van der Waals surface area contributed by atoms with E-state index in [9.17, 15) is 10.4 Å². The van der Waals surface area contributed by atoms with E-state index in [0.717, 1.165) is 61.4 Å². The van der Waals surface area contributed by atoms with Gasteiger partial charge in [0.05, 0.1) is 32.5 Å². The molecule has 1 aromatic heterocycles. The minimum Gasteiger partial charge on any atom is -0.506 e. The minimum absolute atomic E-state index is 0.0217. The molecule has 7 nitrogen and oxygen atoms in total. The van der Waals surface area contributed by atoms with E-state index in [-0.39, 0.29) is 11.7 Å². The van der Waals surface area contributed by atoms with Crippen LogP contribution >= 0.6 is 0 Å². The van der Waals surface area contributed by atoms with Crippen LogP contribution in [0, 0.1) is 17.2 Å². The van der Waals surface area contributed by atoms with Gasteiger partial charge in [-0.25, -0.2) is 0 Å².